The second-order valence-electron chi connectivity index (χ2n) is 18.8. The van der Waals surface area contributed by atoms with E-state index < -0.39 is 34.7 Å². The van der Waals surface area contributed by atoms with Crippen molar-refractivity contribution in [1.82, 2.24) is 7.10 Å². The van der Waals surface area contributed by atoms with Crippen molar-refractivity contribution in [3.63, 3.8) is 0 Å². The van der Waals surface area contributed by atoms with Gasteiger partial charge in [-0.25, -0.2) is 30.0 Å². The van der Waals surface area contributed by atoms with Crippen LogP contribution in [0.1, 0.15) is 108 Å². The van der Waals surface area contributed by atoms with Crippen LogP contribution in [0, 0.1) is 0 Å². The van der Waals surface area contributed by atoms with Crippen molar-refractivity contribution in [2.45, 2.75) is 85.5 Å². The lowest BCUT2D eigenvalue weighted by molar-refractivity contribution is -0.136. The minimum absolute atomic E-state index is 0.311. The van der Waals surface area contributed by atoms with Crippen molar-refractivity contribution < 1.29 is 37.0 Å². The summed E-state index contributed by atoms with van der Waals surface area (Å²) in [4.78, 5) is 45.6. The van der Waals surface area contributed by atoms with E-state index in [0.29, 0.717) is 144 Å². The number of carboxylic acid groups (broad SMARTS) is 1. The Morgan fingerprint density at radius 3 is 1.61 bits per heavy atom. The normalized spacial score (nSPS) is 14.6. The first-order chi connectivity index (χ1) is 36.7. The zero-order valence-electron chi connectivity index (χ0n) is 42.6. The van der Waals surface area contributed by atoms with Crippen molar-refractivity contribution in [2.75, 3.05) is 32.6 Å². The summed E-state index contributed by atoms with van der Waals surface area (Å²) < 4.78 is 54.5. The molecular formula is C57H58AlN8O8P. The van der Waals surface area contributed by atoms with Gasteiger partial charge in [-0.15, -0.1) is 0 Å². The molecule has 382 valence electrons. The molecule has 2 aromatic heterocycles. The monoisotopic (exact) mass is 1040 g/mol. The standard InChI is InChI=1S/C48H48N8O4.C9H11O4P.Al/c1-5-9-25-57-33-21-13-17-29-37(33)45-49-41(29)54-46-39-31(19-15-23-35(39)59-27-11-7-3)43(51-46)56-48-40-32(20-16-24-36(40)60-28-12-8-4)44(52-48)55-47-38-30(42(50-47)53-45)18-14-22-34(38)58-26-10-6-2;10-9(11)6-7-14(12,13)8-4-2-1-3-5-8;/h13-24H,5-12,25-28H2,1-4H3;1-5H,6-7H2,(H,10,11)(H,12,13);/q-2;;+3/p-1. The zero-order chi connectivity index (χ0) is 51.6. The van der Waals surface area contributed by atoms with E-state index >= 15 is 4.57 Å². The van der Waals surface area contributed by atoms with Gasteiger partial charge in [-0.1, -0.05) is 120 Å². The van der Waals surface area contributed by atoms with Gasteiger partial charge in [-0.05, 0) is 62.1 Å². The molecular weight excluding hydrogens is 983 g/mol. The molecule has 11 rings (SSSR count). The molecule has 0 saturated heterocycles. The minimum Gasteiger partial charge on any atom is -0.493 e. The van der Waals surface area contributed by atoms with Gasteiger partial charge in [0.05, 0.1) is 54.7 Å². The summed E-state index contributed by atoms with van der Waals surface area (Å²) in [5.74, 6) is 3.38. The average molecular weight is 1040 g/mol. The van der Waals surface area contributed by atoms with Gasteiger partial charge in [0.25, 0.3) is 0 Å². The summed E-state index contributed by atoms with van der Waals surface area (Å²) in [6.45, 7) is 10.3. The molecule has 75 heavy (non-hydrogen) atoms. The number of fused-ring (bicyclic) bond motifs is 14. The van der Waals surface area contributed by atoms with Gasteiger partial charge in [-0.3, -0.25) is 9.36 Å². The van der Waals surface area contributed by atoms with E-state index in [4.69, 9.17) is 52.5 Å². The number of aliphatic carboxylic acids is 1. The van der Waals surface area contributed by atoms with E-state index in [1.54, 1.807) is 24.3 Å². The second-order valence-corrected chi connectivity index (χ2v) is 23.7. The topological polar surface area (TPSA) is 185 Å². The number of hydrogen-bond acceptors (Lipinski definition) is 13. The number of aromatic nitrogens is 2. The van der Waals surface area contributed by atoms with E-state index in [2.05, 4.69) is 27.7 Å². The Labute approximate surface area is 439 Å². The summed E-state index contributed by atoms with van der Waals surface area (Å²) in [6.07, 6.45) is 6.22. The van der Waals surface area contributed by atoms with Crippen LogP contribution in [0.15, 0.2) is 133 Å². The predicted octanol–water partition coefficient (Wildman–Crippen LogP) is 10.7. The quantitative estimate of drug-likeness (QED) is 0.0395. The third kappa shape index (κ3) is 9.30. The van der Waals surface area contributed by atoms with Gasteiger partial charge in [0.15, 0.2) is 23.3 Å². The molecule has 5 aromatic carbocycles. The minimum atomic E-state index is -4.17. The van der Waals surface area contributed by atoms with Gasteiger partial charge in [-0.2, -0.15) is 0 Å². The molecule has 1 unspecified atom stereocenters. The molecule has 4 aliphatic heterocycles. The van der Waals surface area contributed by atoms with Crippen LogP contribution in [0.5, 0.6) is 23.0 Å². The molecule has 0 aliphatic carbocycles. The predicted molar refractivity (Wildman–Crippen MR) is 295 cm³/mol. The molecule has 16 nitrogen and oxygen atoms in total. The van der Waals surface area contributed by atoms with E-state index in [-0.39, 0.29) is 6.16 Å². The number of unbranched alkanes of at least 4 members (excludes halogenated alkanes) is 4. The van der Waals surface area contributed by atoms with Crippen LogP contribution < -0.4 is 35.2 Å². The highest BCUT2D eigenvalue weighted by molar-refractivity contribution is 7.68. The maximum Gasteiger partial charge on any atom is 0.815 e. The molecule has 6 bridgehead atoms. The van der Waals surface area contributed by atoms with Gasteiger partial charge in [0, 0.05) is 33.4 Å². The molecule has 7 aromatic rings. The number of rotatable bonds is 22. The van der Waals surface area contributed by atoms with Gasteiger partial charge < -0.3 is 34.7 Å². The molecule has 0 radical (unpaired) electrons. The van der Waals surface area contributed by atoms with Crippen molar-refractivity contribution >= 4 is 90.1 Å². The molecule has 1 N–H and O–H groups in total. The lowest BCUT2D eigenvalue weighted by atomic mass is 10.1. The number of hydrogen-bond donors (Lipinski definition) is 1. The van der Waals surface area contributed by atoms with Crippen LogP contribution in [0.4, 0.5) is 11.6 Å². The highest BCUT2D eigenvalue weighted by Crippen LogP contribution is 2.51. The van der Waals surface area contributed by atoms with Crippen molar-refractivity contribution in [1.29, 1.82) is 0 Å². The number of carbonyl (C=O) groups is 1. The van der Waals surface area contributed by atoms with Crippen molar-refractivity contribution in [3.8, 4) is 23.0 Å². The van der Waals surface area contributed by atoms with Gasteiger partial charge >= 0.3 is 20.9 Å². The van der Waals surface area contributed by atoms with E-state index in [1.807, 2.05) is 86.0 Å². The van der Waals surface area contributed by atoms with Crippen LogP contribution in [0.3, 0.4) is 0 Å². The highest BCUT2D eigenvalue weighted by atomic mass is 31.2. The molecule has 0 amide bonds. The molecule has 1 atom stereocenters. The summed E-state index contributed by atoms with van der Waals surface area (Å²) in [7, 11) is -4.17. The first-order valence-electron chi connectivity index (χ1n) is 26.2. The van der Waals surface area contributed by atoms with Crippen molar-refractivity contribution in [3.05, 3.63) is 136 Å². The number of ether oxygens (including phenoxy) is 4. The molecule has 0 fully saturated rings. The second kappa shape index (κ2) is 21.6. The summed E-state index contributed by atoms with van der Waals surface area (Å²) in [6, 6.07) is 32.2. The van der Waals surface area contributed by atoms with Crippen LogP contribution in [-0.2, 0) is 12.9 Å². The molecule has 18 heteroatoms. The third-order valence-electron chi connectivity index (χ3n) is 13.6. The number of carboxylic acids is 1. The van der Waals surface area contributed by atoms with Crippen LogP contribution in [-0.4, -0.2) is 89.0 Å². The van der Waals surface area contributed by atoms with Gasteiger partial charge in [0.1, 0.15) is 45.6 Å². The molecule has 0 spiro atoms. The lowest BCUT2D eigenvalue weighted by Crippen LogP contribution is -2.48. The fourth-order valence-electron chi connectivity index (χ4n) is 9.82. The largest absolute Gasteiger partial charge is 0.815 e. The van der Waals surface area contributed by atoms with Crippen LogP contribution >= 0.6 is 7.37 Å². The van der Waals surface area contributed by atoms with E-state index in [0.717, 1.165) is 51.4 Å². The maximum atomic E-state index is 16.4. The average Bonchev–Trinajstić information content (AvgIpc) is 4.20. The Kier molecular flexibility index (Phi) is 14.4. The molecule has 6 heterocycles. The Balaban J connectivity index is 1.36. The SMILES string of the molecule is CCCCOc1cccc2c1C1=NC2=Nc2c3c(OCCCC)cccc3c3[n]2[Al]([O]P(=O)(CCC(=O)O)c2ccccc2)[n]2c(c4cccc(OCCCC)c4c2=NC2=NC(=N3)c3c(OCCCC)cccc32)=N1. The maximum absolute atomic E-state index is 16.4. The number of nitrogens with zero attached hydrogens (tertiary/aromatic N) is 8. The van der Waals surface area contributed by atoms with Crippen LogP contribution in [0.25, 0.3) is 21.5 Å². The fraction of sp³-hybridized carbons (Fsp3) is 0.316. The number of aliphatic imine (C=N–C) groups is 4. The third-order valence-corrected chi connectivity index (χ3v) is 19.5. The number of benzene rings is 5. The Morgan fingerprint density at radius 2 is 1.01 bits per heavy atom. The summed E-state index contributed by atoms with van der Waals surface area (Å²) >= 11 is -3.88. The van der Waals surface area contributed by atoms with Gasteiger partial charge in [0.2, 0.25) is 7.37 Å². The fourth-order valence-corrected chi connectivity index (χ4v) is 15.9. The highest BCUT2D eigenvalue weighted by Gasteiger charge is 2.48. The van der Waals surface area contributed by atoms with E-state index in [1.165, 1.54) is 0 Å². The molecule has 4 aliphatic rings. The van der Waals surface area contributed by atoms with Crippen LogP contribution in [0.2, 0.25) is 0 Å². The first-order valence-corrected chi connectivity index (χ1v) is 29.5. The Hall–Kier alpha value is -7.15. The first kappa shape index (κ1) is 50.0. The number of amidine groups is 4. The molecule has 0 saturated carbocycles. The van der Waals surface area contributed by atoms with Crippen molar-refractivity contribution in [2.24, 2.45) is 30.0 Å². The zero-order valence-corrected chi connectivity index (χ0v) is 44.7. The summed E-state index contributed by atoms with van der Waals surface area (Å²) in [5.41, 5.74) is 3.50. The smallest absolute Gasteiger partial charge is 0.493 e. The Bertz CT molecular complexity index is 3700. The summed E-state index contributed by atoms with van der Waals surface area (Å²) in [5, 5.41) is 13.2. The van der Waals surface area contributed by atoms with E-state index in [9.17, 15) is 9.90 Å². The lowest BCUT2D eigenvalue weighted by Gasteiger charge is -2.25. The Morgan fingerprint density at radius 1 is 0.520 bits per heavy atom.